The van der Waals surface area contributed by atoms with E-state index in [0.29, 0.717) is 11.2 Å². The predicted molar refractivity (Wildman–Crippen MR) is 79.6 cm³/mol. The van der Waals surface area contributed by atoms with Gasteiger partial charge in [-0.1, -0.05) is 47.5 Å². The van der Waals surface area contributed by atoms with E-state index in [1.54, 1.807) is 0 Å². The first-order chi connectivity index (χ1) is 8.56. The summed E-state index contributed by atoms with van der Waals surface area (Å²) in [5.41, 5.74) is 5.04. The number of anilines is 1. The SMILES string of the molecule is CCc1cc(C)cc(CC)c1N1CC(Br)CC1=O. The fourth-order valence-corrected chi connectivity index (χ4v) is 3.27. The van der Waals surface area contributed by atoms with Crippen LogP contribution in [0.4, 0.5) is 5.69 Å². The highest BCUT2D eigenvalue weighted by atomic mass is 79.9. The molecule has 0 spiro atoms. The second-order valence-corrected chi connectivity index (χ2v) is 6.24. The lowest BCUT2D eigenvalue weighted by Crippen LogP contribution is -2.27. The van der Waals surface area contributed by atoms with Crippen LogP contribution in [-0.2, 0) is 17.6 Å². The molecule has 0 bridgehead atoms. The molecule has 1 atom stereocenters. The molecule has 1 fully saturated rings. The van der Waals surface area contributed by atoms with Crippen molar-refractivity contribution in [3.63, 3.8) is 0 Å². The third-order valence-electron chi connectivity index (χ3n) is 3.52. The molecule has 1 aromatic carbocycles. The summed E-state index contributed by atoms with van der Waals surface area (Å²) in [6.07, 6.45) is 2.56. The summed E-state index contributed by atoms with van der Waals surface area (Å²) in [6, 6.07) is 4.42. The quantitative estimate of drug-likeness (QED) is 0.781. The number of rotatable bonds is 3. The van der Waals surface area contributed by atoms with Gasteiger partial charge in [-0.15, -0.1) is 0 Å². The molecule has 0 aromatic heterocycles. The molecular formula is C15H20BrNO. The Bertz CT molecular complexity index is 445. The summed E-state index contributed by atoms with van der Waals surface area (Å²) < 4.78 is 0. The van der Waals surface area contributed by atoms with E-state index in [2.05, 4.69) is 48.8 Å². The van der Waals surface area contributed by atoms with Gasteiger partial charge in [-0.2, -0.15) is 0 Å². The van der Waals surface area contributed by atoms with Crippen molar-refractivity contribution in [3.8, 4) is 0 Å². The average Bonchev–Trinajstić information content (AvgIpc) is 2.66. The minimum absolute atomic E-state index is 0.241. The van der Waals surface area contributed by atoms with Crippen molar-refractivity contribution < 1.29 is 4.79 Å². The Morgan fingerprint density at radius 3 is 2.22 bits per heavy atom. The number of nitrogens with zero attached hydrogens (tertiary/aromatic N) is 1. The van der Waals surface area contributed by atoms with Gasteiger partial charge in [0.05, 0.1) is 5.69 Å². The number of hydrogen-bond acceptors (Lipinski definition) is 1. The highest BCUT2D eigenvalue weighted by Gasteiger charge is 2.31. The van der Waals surface area contributed by atoms with Crippen LogP contribution < -0.4 is 4.90 Å². The smallest absolute Gasteiger partial charge is 0.228 e. The Labute approximate surface area is 117 Å². The number of carbonyl (C=O) groups excluding carboxylic acids is 1. The first-order valence-electron chi connectivity index (χ1n) is 6.63. The Morgan fingerprint density at radius 1 is 1.28 bits per heavy atom. The van der Waals surface area contributed by atoms with Crippen LogP contribution in [0, 0.1) is 6.92 Å². The number of aryl methyl sites for hydroxylation is 3. The van der Waals surface area contributed by atoms with Crippen LogP contribution in [0.25, 0.3) is 0 Å². The third kappa shape index (κ3) is 2.46. The van der Waals surface area contributed by atoms with E-state index in [1.807, 2.05) is 4.90 Å². The minimum atomic E-state index is 0.241. The normalized spacial score (nSPS) is 19.7. The molecule has 18 heavy (non-hydrogen) atoms. The maximum absolute atomic E-state index is 12.1. The Hall–Kier alpha value is -0.830. The monoisotopic (exact) mass is 309 g/mol. The van der Waals surface area contributed by atoms with Gasteiger partial charge in [-0.3, -0.25) is 4.79 Å². The first kappa shape index (κ1) is 13.6. The van der Waals surface area contributed by atoms with Crippen molar-refractivity contribution in [3.05, 3.63) is 28.8 Å². The zero-order valence-electron chi connectivity index (χ0n) is 11.3. The number of halogens is 1. The molecule has 0 radical (unpaired) electrons. The first-order valence-corrected chi connectivity index (χ1v) is 7.55. The number of amides is 1. The summed E-state index contributed by atoms with van der Waals surface area (Å²) in [7, 11) is 0. The Morgan fingerprint density at radius 2 is 1.83 bits per heavy atom. The van der Waals surface area contributed by atoms with Gasteiger partial charge in [-0.25, -0.2) is 0 Å². The van der Waals surface area contributed by atoms with Crippen LogP contribution in [-0.4, -0.2) is 17.3 Å². The van der Waals surface area contributed by atoms with Gasteiger partial charge in [0, 0.05) is 17.8 Å². The Kier molecular flexibility index (Phi) is 4.10. The van der Waals surface area contributed by atoms with Gasteiger partial charge in [0.15, 0.2) is 0 Å². The third-order valence-corrected chi connectivity index (χ3v) is 4.13. The lowest BCUT2D eigenvalue weighted by Gasteiger charge is -2.23. The summed E-state index contributed by atoms with van der Waals surface area (Å²) in [5.74, 6) is 0.241. The van der Waals surface area contributed by atoms with Gasteiger partial charge in [0.25, 0.3) is 0 Å². The molecule has 2 rings (SSSR count). The van der Waals surface area contributed by atoms with Gasteiger partial charge in [0.1, 0.15) is 0 Å². The fraction of sp³-hybridized carbons (Fsp3) is 0.533. The van der Waals surface area contributed by atoms with Crippen LogP contribution in [0.2, 0.25) is 0 Å². The van der Waals surface area contributed by atoms with Gasteiger partial charge >= 0.3 is 0 Å². The number of carbonyl (C=O) groups is 1. The number of alkyl halides is 1. The molecule has 1 unspecified atom stereocenters. The summed E-state index contributed by atoms with van der Waals surface area (Å²) in [5, 5.41) is 0. The molecule has 1 saturated heterocycles. The molecule has 3 heteroatoms. The van der Waals surface area contributed by atoms with Crippen LogP contribution in [0.1, 0.15) is 37.0 Å². The van der Waals surface area contributed by atoms with Crippen molar-refractivity contribution >= 4 is 27.5 Å². The van der Waals surface area contributed by atoms with E-state index in [-0.39, 0.29) is 5.91 Å². The van der Waals surface area contributed by atoms with Gasteiger partial charge in [-0.05, 0) is 30.9 Å². The van der Waals surface area contributed by atoms with E-state index in [0.717, 1.165) is 25.1 Å². The zero-order valence-corrected chi connectivity index (χ0v) is 12.9. The molecule has 1 aliphatic heterocycles. The molecule has 1 amide bonds. The summed E-state index contributed by atoms with van der Waals surface area (Å²) in [4.78, 5) is 14.4. The van der Waals surface area contributed by atoms with Crippen LogP contribution in [0.15, 0.2) is 12.1 Å². The maximum Gasteiger partial charge on any atom is 0.228 e. The van der Waals surface area contributed by atoms with Crippen LogP contribution in [0.3, 0.4) is 0 Å². The molecule has 1 aliphatic rings. The Balaban J connectivity index is 2.51. The maximum atomic E-state index is 12.1. The largest absolute Gasteiger partial charge is 0.311 e. The summed E-state index contributed by atoms with van der Waals surface area (Å²) in [6.45, 7) is 7.23. The second kappa shape index (κ2) is 5.43. The lowest BCUT2D eigenvalue weighted by atomic mass is 9.99. The minimum Gasteiger partial charge on any atom is -0.311 e. The van der Waals surface area contributed by atoms with E-state index in [9.17, 15) is 4.79 Å². The highest BCUT2D eigenvalue weighted by molar-refractivity contribution is 9.09. The van der Waals surface area contributed by atoms with Gasteiger partial charge in [0.2, 0.25) is 5.91 Å². The molecule has 2 nitrogen and oxygen atoms in total. The fourth-order valence-electron chi connectivity index (χ4n) is 2.70. The van der Waals surface area contributed by atoms with Crippen molar-refractivity contribution in [1.29, 1.82) is 0 Å². The van der Waals surface area contributed by atoms with E-state index < -0.39 is 0 Å². The molecular weight excluding hydrogens is 290 g/mol. The van der Waals surface area contributed by atoms with Crippen molar-refractivity contribution in [2.24, 2.45) is 0 Å². The molecule has 0 saturated carbocycles. The standard InChI is InChI=1S/C15H20BrNO/c1-4-11-6-10(3)7-12(5-2)15(11)17-9-13(16)8-14(17)18/h6-7,13H,4-5,8-9H2,1-3H3. The van der Waals surface area contributed by atoms with Crippen LogP contribution >= 0.6 is 15.9 Å². The second-order valence-electron chi connectivity index (χ2n) is 4.94. The number of benzene rings is 1. The van der Waals surface area contributed by atoms with Gasteiger partial charge < -0.3 is 4.90 Å². The number of hydrogen-bond donors (Lipinski definition) is 0. The topological polar surface area (TPSA) is 20.3 Å². The predicted octanol–water partition coefficient (Wildman–Crippen LogP) is 3.62. The van der Waals surface area contributed by atoms with E-state index in [4.69, 9.17) is 0 Å². The highest BCUT2D eigenvalue weighted by Crippen LogP contribution is 2.33. The molecule has 0 N–H and O–H groups in total. The van der Waals surface area contributed by atoms with E-state index in [1.165, 1.54) is 16.7 Å². The zero-order chi connectivity index (χ0) is 13.3. The summed E-state index contributed by atoms with van der Waals surface area (Å²) >= 11 is 3.56. The van der Waals surface area contributed by atoms with E-state index >= 15 is 0 Å². The van der Waals surface area contributed by atoms with Crippen molar-refractivity contribution in [1.82, 2.24) is 0 Å². The molecule has 0 aliphatic carbocycles. The lowest BCUT2D eigenvalue weighted by molar-refractivity contribution is -0.117. The molecule has 1 heterocycles. The molecule has 1 aromatic rings. The molecule has 98 valence electrons. The average molecular weight is 310 g/mol. The van der Waals surface area contributed by atoms with Crippen molar-refractivity contribution in [2.45, 2.75) is 44.9 Å². The van der Waals surface area contributed by atoms with Crippen LogP contribution in [0.5, 0.6) is 0 Å². The van der Waals surface area contributed by atoms with Crippen molar-refractivity contribution in [2.75, 3.05) is 11.4 Å².